The molecule has 0 aromatic carbocycles. The van der Waals surface area contributed by atoms with Gasteiger partial charge in [0.1, 0.15) is 5.78 Å². The molecule has 1 saturated heterocycles. The summed E-state index contributed by atoms with van der Waals surface area (Å²) in [6.45, 7) is 3.43. The molecule has 3 nitrogen and oxygen atoms in total. The van der Waals surface area contributed by atoms with Crippen LogP contribution in [-0.4, -0.2) is 24.8 Å². The molecule has 0 N–H and O–H groups in total. The standard InChI is InChI=1S/C11H16O3/c1-7-6-9-8(10(7)12)2-3-11(9)13-4-5-14-11/h7-9H,2-6H2,1H3/t7-,8-,9-/m0/s1. The van der Waals surface area contributed by atoms with Gasteiger partial charge in [-0.05, 0) is 12.8 Å². The van der Waals surface area contributed by atoms with Crippen LogP contribution in [0.3, 0.4) is 0 Å². The number of rotatable bonds is 0. The smallest absolute Gasteiger partial charge is 0.172 e. The fraction of sp³-hybridized carbons (Fsp3) is 0.909. The van der Waals surface area contributed by atoms with Crippen LogP contribution in [0.5, 0.6) is 0 Å². The monoisotopic (exact) mass is 196 g/mol. The number of hydrogen-bond donors (Lipinski definition) is 0. The number of Topliss-reactive ketones (excluding diaryl/α,β-unsaturated/α-hetero) is 1. The van der Waals surface area contributed by atoms with E-state index in [0.717, 1.165) is 19.3 Å². The predicted octanol–water partition coefficient (Wildman–Crippen LogP) is 1.36. The highest BCUT2D eigenvalue weighted by Gasteiger charge is 2.58. The summed E-state index contributed by atoms with van der Waals surface area (Å²) < 4.78 is 11.5. The van der Waals surface area contributed by atoms with Crippen LogP contribution >= 0.6 is 0 Å². The first-order chi connectivity index (χ1) is 6.73. The van der Waals surface area contributed by atoms with Crippen LogP contribution in [0.1, 0.15) is 26.2 Å². The molecule has 0 radical (unpaired) electrons. The molecule has 1 heterocycles. The minimum atomic E-state index is -0.370. The first-order valence-corrected chi connectivity index (χ1v) is 5.54. The molecule has 3 aliphatic rings. The van der Waals surface area contributed by atoms with Gasteiger partial charge in [-0.1, -0.05) is 6.92 Å². The summed E-state index contributed by atoms with van der Waals surface area (Å²) in [7, 11) is 0. The molecule has 1 spiro atoms. The summed E-state index contributed by atoms with van der Waals surface area (Å²) in [6.07, 6.45) is 2.85. The Morgan fingerprint density at radius 3 is 2.79 bits per heavy atom. The zero-order valence-corrected chi connectivity index (χ0v) is 8.49. The zero-order chi connectivity index (χ0) is 9.76. The van der Waals surface area contributed by atoms with Gasteiger partial charge < -0.3 is 9.47 Å². The van der Waals surface area contributed by atoms with Crippen LogP contribution in [-0.2, 0) is 14.3 Å². The fourth-order valence-corrected chi connectivity index (χ4v) is 3.43. The van der Waals surface area contributed by atoms with Gasteiger partial charge in [-0.25, -0.2) is 0 Å². The van der Waals surface area contributed by atoms with Gasteiger partial charge in [0.25, 0.3) is 0 Å². The summed E-state index contributed by atoms with van der Waals surface area (Å²) in [5, 5.41) is 0. The third-order valence-electron chi connectivity index (χ3n) is 4.09. The van der Waals surface area contributed by atoms with Gasteiger partial charge in [0.05, 0.1) is 13.2 Å². The van der Waals surface area contributed by atoms with Crippen molar-refractivity contribution in [2.24, 2.45) is 17.8 Å². The Labute approximate surface area is 83.8 Å². The maximum atomic E-state index is 11.8. The maximum absolute atomic E-state index is 11.8. The molecule has 0 amide bonds. The number of ketones is 1. The number of fused-ring (bicyclic) bond motifs is 2. The van der Waals surface area contributed by atoms with Gasteiger partial charge >= 0.3 is 0 Å². The Morgan fingerprint density at radius 1 is 1.36 bits per heavy atom. The molecule has 3 rings (SSSR count). The van der Waals surface area contributed by atoms with E-state index < -0.39 is 0 Å². The van der Waals surface area contributed by atoms with Crippen LogP contribution in [0.15, 0.2) is 0 Å². The molecule has 0 aromatic heterocycles. The molecule has 3 atom stereocenters. The molecule has 2 saturated carbocycles. The van der Waals surface area contributed by atoms with Crippen molar-refractivity contribution in [3.63, 3.8) is 0 Å². The minimum Gasteiger partial charge on any atom is -0.347 e. The largest absolute Gasteiger partial charge is 0.347 e. The molecule has 1 aliphatic heterocycles. The molecule has 14 heavy (non-hydrogen) atoms. The van der Waals surface area contributed by atoms with E-state index in [2.05, 4.69) is 0 Å². The average molecular weight is 196 g/mol. The molecule has 3 fully saturated rings. The van der Waals surface area contributed by atoms with Gasteiger partial charge in [0.15, 0.2) is 5.79 Å². The zero-order valence-electron chi connectivity index (χ0n) is 8.49. The lowest BCUT2D eigenvalue weighted by atomic mass is 9.96. The van der Waals surface area contributed by atoms with Crippen LogP contribution in [0.25, 0.3) is 0 Å². The highest BCUT2D eigenvalue weighted by Crippen LogP contribution is 2.53. The van der Waals surface area contributed by atoms with Gasteiger partial charge in [-0.15, -0.1) is 0 Å². The number of carbonyl (C=O) groups is 1. The van der Waals surface area contributed by atoms with E-state index in [1.165, 1.54) is 0 Å². The van der Waals surface area contributed by atoms with Crippen LogP contribution in [0, 0.1) is 17.8 Å². The SMILES string of the molecule is C[C@H]1C[C@H]2[C@H](CCC23OCCO3)C1=O. The summed E-state index contributed by atoms with van der Waals surface area (Å²) in [6, 6.07) is 0. The molecule has 3 heteroatoms. The number of carbonyl (C=O) groups excluding carboxylic acids is 1. The minimum absolute atomic E-state index is 0.218. The van der Waals surface area contributed by atoms with Gasteiger partial charge in [0.2, 0.25) is 0 Å². The average Bonchev–Trinajstić information content (AvgIpc) is 2.82. The lowest BCUT2D eigenvalue weighted by molar-refractivity contribution is -0.184. The lowest BCUT2D eigenvalue weighted by Crippen LogP contribution is -2.35. The maximum Gasteiger partial charge on any atom is 0.172 e. The Balaban J connectivity index is 1.89. The first-order valence-electron chi connectivity index (χ1n) is 5.54. The molecule has 0 bridgehead atoms. The van der Waals surface area contributed by atoms with E-state index in [9.17, 15) is 4.79 Å². The van der Waals surface area contributed by atoms with Crippen molar-refractivity contribution in [3.05, 3.63) is 0 Å². The molecule has 0 unspecified atom stereocenters. The second-order valence-corrected chi connectivity index (χ2v) is 4.80. The van der Waals surface area contributed by atoms with E-state index >= 15 is 0 Å². The van der Waals surface area contributed by atoms with Crippen molar-refractivity contribution >= 4 is 5.78 Å². The fourth-order valence-electron chi connectivity index (χ4n) is 3.43. The molecular formula is C11H16O3. The van der Waals surface area contributed by atoms with Crippen molar-refractivity contribution in [2.75, 3.05) is 13.2 Å². The van der Waals surface area contributed by atoms with Crippen molar-refractivity contribution < 1.29 is 14.3 Å². The summed E-state index contributed by atoms with van der Waals surface area (Å²) in [4.78, 5) is 11.8. The Kier molecular flexibility index (Phi) is 1.77. The van der Waals surface area contributed by atoms with Crippen molar-refractivity contribution in [2.45, 2.75) is 32.0 Å². The Hall–Kier alpha value is -0.410. The summed E-state index contributed by atoms with van der Waals surface area (Å²) in [5.74, 6) is 0.849. The highest BCUT2D eigenvalue weighted by atomic mass is 16.7. The topological polar surface area (TPSA) is 35.5 Å². The van der Waals surface area contributed by atoms with E-state index in [0.29, 0.717) is 24.9 Å². The lowest BCUT2D eigenvalue weighted by Gasteiger charge is -2.28. The Bertz CT molecular complexity index is 268. The van der Waals surface area contributed by atoms with Crippen molar-refractivity contribution in [1.82, 2.24) is 0 Å². The second-order valence-electron chi connectivity index (χ2n) is 4.80. The highest BCUT2D eigenvalue weighted by molar-refractivity contribution is 5.86. The summed E-state index contributed by atoms with van der Waals surface area (Å²) >= 11 is 0. The first kappa shape index (κ1) is 8.86. The Morgan fingerprint density at radius 2 is 2.07 bits per heavy atom. The molecule has 78 valence electrons. The van der Waals surface area contributed by atoms with E-state index in [1.807, 2.05) is 6.92 Å². The molecule has 2 aliphatic carbocycles. The quantitative estimate of drug-likeness (QED) is 0.587. The van der Waals surface area contributed by atoms with Crippen LogP contribution < -0.4 is 0 Å². The summed E-state index contributed by atoms with van der Waals surface area (Å²) in [5.41, 5.74) is 0. The van der Waals surface area contributed by atoms with E-state index in [1.54, 1.807) is 0 Å². The predicted molar refractivity (Wildman–Crippen MR) is 49.6 cm³/mol. The normalized spacial score (nSPS) is 44.9. The van der Waals surface area contributed by atoms with Crippen LogP contribution in [0.4, 0.5) is 0 Å². The van der Waals surface area contributed by atoms with Gasteiger partial charge in [-0.2, -0.15) is 0 Å². The number of hydrogen-bond acceptors (Lipinski definition) is 3. The van der Waals surface area contributed by atoms with Crippen LogP contribution in [0.2, 0.25) is 0 Å². The molecular weight excluding hydrogens is 180 g/mol. The number of ether oxygens (including phenoxy) is 2. The van der Waals surface area contributed by atoms with Gasteiger partial charge in [-0.3, -0.25) is 4.79 Å². The van der Waals surface area contributed by atoms with E-state index in [-0.39, 0.29) is 17.6 Å². The third kappa shape index (κ3) is 0.971. The van der Waals surface area contributed by atoms with Crippen molar-refractivity contribution in [3.8, 4) is 0 Å². The van der Waals surface area contributed by atoms with E-state index in [4.69, 9.17) is 9.47 Å². The van der Waals surface area contributed by atoms with Gasteiger partial charge in [0, 0.05) is 24.2 Å². The molecule has 0 aromatic rings. The second kappa shape index (κ2) is 2.80. The van der Waals surface area contributed by atoms with Crippen molar-refractivity contribution in [1.29, 1.82) is 0 Å². The third-order valence-corrected chi connectivity index (χ3v) is 4.09.